The third-order valence-corrected chi connectivity index (χ3v) is 3.41. The van der Waals surface area contributed by atoms with Gasteiger partial charge in [-0.3, -0.25) is 4.79 Å². The third kappa shape index (κ3) is 10.2. The molecule has 124 valence electrons. The summed E-state index contributed by atoms with van der Waals surface area (Å²) in [7, 11) is 3.49. The summed E-state index contributed by atoms with van der Waals surface area (Å²) in [6, 6.07) is 0. The van der Waals surface area contributed by atoms with Gasteiger partial charge < -0.3 is 15.5 Å². The van der Waals surface area contributed by atoms with Crippen LogP contribution in [0.2, 0.25) is 0 Å². The molecule has 1 amide bonds. The average Bonchev–Trinajstić information content (AvgIpc) is 2.41. The largest absolute Gasteiger partial charge is 0.357 e. The van der Waals surface area contributed by atoms with Crippen LogP contribution in [0.15, 0.2) is 4.99 Å². The minimum atomic E-state index is 0.00871. The first-order valence-corrected chi connectivity index (χ1v) is 8.04. The van der Waals surface area contributed by atoms with E-state index in [1.807, 2.05) is 6.92 Å². The number of nitrogens with one attached hydrogen (secondary N) is 2. The predicted octanol–water partition coefficient (Wildman–Crippen LogP) is 2.24. The second kappa shape index (κ2) is 10.5. The van der Waals surface area contributed by atoms with Gasteiger partial charge in [-0.1, -0.05) is 40.0 Å². The molecule has 0 unspecified atom stereocenters. The molecule has 0 heterocycles. The Morgan fingerprint density at radius 3 is 2.33 bits per heavy atom. The summed E-state index contributed by atoms with van der Waals surface area (Å²) in [5.74, 6) is 0.727. The number of likely N-dealkylation sites (N-methyl/N-ethyl adjacent to an activating group) is 1. The SMILES string of the molecule is CCCCCC(C)(C)CNC(=NCC(=O)N(C)C)NCC. The topological polar surface area (TPSA) is 56.7 Å². The summed E-state index contributed by atoms with van der Waals surface area (Å²) < 4.78 is 0. The minimum absolute atomic E-state index is 0.00871. The van der Waals surface area contributed by atoms with Crippen LogP contribution < -0.4 is 10.6 Å². The summed E-state index contributed by atoms with van der Waals surface area (Å²) >= 11 is 0. The van der Waals surface area contributed by atoms with E-state index in [2.05, 4.69) is 36.4 Å². The molecule has 0 aliphatic heterocycles. The number of amides is 1. The molecular formula is C16H34N4O. The average molecular weight is 298 g/mol. The zero-order valence-corrected chi connectivity index (χ0v) is 14.8. The summed E-state index contributed by atoms with van der Waals surface area (Å²) in [4.78, 5) is 17.5. The fraction of sp³-hybridized carbons (Fsp3) is 0.875. The maximum atomic E-state index is 11.6. The Morgan fingerprint density at radius 1 is 1.14 bits per heavy atom. The van der Waals surface area contributed by atoms with Crippen molar-refractivity contribution in [2.24, 2.45) is 10.4 Å². The number of rotatable bonds is 9. The number of guanidine groups is 1. The van der Waals surface area contributed by atoms with Crippen molar-refractivity contribution in [3.05, 3.63) is 0 Å². The van der Waals surface area contributed by atoms with Gasteiger partial charge in [0, 0.05) is 27.2 Å². The molecular weight excluding hydrogens is 264 g/mol. The summed E-state index contributed by atoms with van der Waals surface area (Å²) in [6.07, 6.45) is 5.00. The van der Waals surface area contributed by atoms with Crippen LogP contribution in [0.5, 0.6) is 0 Å². The second-order valence-corrected chi connectivity index (χ2v) is 6.46. The van der Waals surface area contributed by atoms with Crippen LogP contribution in [0.3, 0.4) is 0 Å². The lowest BCUT2D eigenvalue weighted by Crippen LogP contribution is -2.42. The molecule has 0 aromatic rings. The Balaban J connectivity index is 4.36. The first-order valence-electron chi connectivity index (χ1n) is 8.04. The van der Waals surface area contributed by atoms with Crippen molar-refractivity contribution in [2.45, 2.75) is 53.4 Å². The molecule has 0 atom stereocenters. The van der Waals surface area contributed by atoms with E-state index in [-0.39, 0.29) is 17.9 Å². The third-order valence-electron chi connectivity index (χ3n) is 3.41. The van der Waals surface area contributed by atoms with Gasteiger partial charge in [-0.15, -0.1) is 0 Å². The standard InChI is InChI=1S/C16H34N4O/c1-7-9-10-11-16(3,4)13-19-15(17-8-2)18-12-14(21)20(5)6/h7-13H2,1-6H3,(H2,17,18,19). The van der Waals surface area contributed by atoms with E-state index in [9.17, 15) is 4.79 Å². The summed E-state index contributed by atoms with van der Waals surface area (Å²) in [6.45, 7) is 10.6. The molecule has 0 spiro atoms. The molecule has 0 bridgehead atoms. The van der Waals surface area contributed by atoms with Crippen molar-refractivity contribution in [3.8, 4) is 0 Å². The maximum Gasteiger partial charge on any atom is 0.243 e. The predicted molar refractivity (Wildman–Crippen MR) is 90.6 cm³/mol. The molecule has 0 radical (unpaired) electrons. The number of hydrogen-bond acceptors (Lipinski definition) is 2. The number of unbranched alkanes of at least 4 members (excludes halogenated alkanes) is 2. The van der Waals surface area contributed by atoms with Gasteiger partial charge in [-0.05, 0) is 18.8 Å². The first-order chi connectivity index (χ1) is 9.82. The Hall–Kier alpha value is -1.26. The smallest absolute Gasteiger partial charge is 0.243 e. The van der Waals surface area contributed by atoms with Crippen LogP contribution in [0.4, 0.5) is 0 Å². The van der Waals surface area contributed by atoms with Crippen molar-refractivity contribution >= 4 is 11.9 Å². The molecule has 2 N–H and O–H groups in total. The highest BCUT2D eigenvalue weighted by Gasteiger charge is 2.17. The molecule has 0 aromatic heterocycles. The molecule has 0 fully saturated rings. The lowest BCUT2D eigenvalue weighted by atomic mass is 9.87. The molecule has 5 heteroatoms. The normalized spacial score (nSPS) is 12.2. The van der Waals surface area contributed by atoms with E-state index in [1.54, 1.807) is 19.0 Å². The van der Waals surface area contributed by atoms with Crippen LogP contribution in [-0.2, 0) is 4.79 Å². The minimum Gasteiger partial charge on any atom is -0.357 e. The van der Waals surface area contributed by atoms with Crippen molar-refractivity contribution in [1.82, 2.24) is 15.5 Å². The van der Waals surface area contributed by atoms with Gasteiger partial charge in [0.15, 0.2) is 5.96 Å². The molecule has 0 aliphatic rings. The number of carbonyl (C=O) groups excluding carboxylic acids is 1. The number of carbonyl (C=O) groups is 1. The lowest BCUT2D eigenvalue weighted by Gasteiger charge is -2.26. The van der Waals surface area contributed by atoms with Crippen molar-refractivity contribution in [3.63, 3.8) is 0 Å². The van der Waals surface area contributed by atoms with Crippen LogP contribution in [0, 0.1) is 5.41 Å². The Labute approximate surface area is 130 Å². The number of nitrogens with zero attached hydrogens (tertiary/aromatic N) is 2. The molecule has 21 heavy (non-hydrogen) atoms. The molecule has 0 rings (SSSR count). The highest BCUT2D eigenvalue weighted by atomic mass is 16.2. The molecule has 0 aliphatic carbocycles. The van der Waals surface area contributed by atoms with Crippen LogP contribution in [-0.4, -0.2) is 50.5 Å². The molecule has 0 saturated heterocycles. The van der Waals surface area contributed by atoms with E-state index in [0.29, 0.717) is 0 Å². The van der Waals surface area contributed by atoms with Crippen molar-refractivity contribution in [1.29, 1.82) is 0 Å². The van der Waals surface area contributed by atoms with E-state index in [0.717, 1.165) is 19.0 Å². The fourth-order valence-electron chi connectivity index (χ4n) is 1.89. The van der Waals surface area contributed by atoms with E-state index < -0.39 is 0 Å². The molecule has 0 aromatic carbocycles. The molecule has 0 saturated carbocycles. The van der Waals surface area contributed by atoms with Gasteiger partial charge in [0.2, 0.25) is 5.91 Å². The Bertz CT molecular complexity index is 324. The zero-order valence-electron chi connectivity index (χ0n) is 14.8. The fourth-order valence-corrected chi connectivity index (χ4v) is 1.89. The Kier molecular flexibility index (Phi) is 9.84. The van der Waals surface area contributed by atoms with E-state index in [4.69, 9.17) is 0 Å². The number of hydrogen-bond donors (Lipinski definition) is 2. The van der Waals surface area contributed by atoms with E-state index >= 15 is 0 Å². The maximum absolute atomic E-state index is 11.6. The number of aliphatic imine (C=N–C) groups is 1. The van der Waals surface area contributed by atoms with Crippen molar-refractivity contribution < 1.29 is 4.79 Å². The zero-order chi connectivity index (χ0) is 16.3. The van der Waals surface area contributed by atoms with Crippen LogP contribution in [0.1, 0.15) is 53.4 Å². The summed E-state index contributed by atoms with van der Waals surface area (Å²) in [5, 5.41) is 6.54. The van der Waals surface area contributed by atoms with E-state index in [1.165, 1.54) is 25.7 Å². The summed E-state index contributed by atoms with van der Waals surface area (Å²) in [5.41, 5.74) is 0.233. The van der Waals surface area contributed by atoms with Crippen LogP contribution in [0.25, 0.3) is 0 Å². The monoisotopic (exact) mass is 298 g/mol. The van der Waals surface area contributed by atoms with Gasteiger partial charge in [-0.25, -0.2) is 4.99 Å². The van der Waals surface area contributed by atoms with Gasteiger partial charge in [-0.2, -0.15) is 0 Å². The van der Waals surface area contributed by atoms with Crippen molar-refractivity contribution in [2.75, 3.05) is 33.7 Å². The lowest BCUT2D eigenvalue weighted by molar-refractivity contribution is -0.127. The van der Waals surface area contributed by atoms with Gasteiger partial charge in [0.05, 0.1) is 0 Å². The second-order valence-electron chi connectivity index (χ2n) is 6.46. The van der Waals surface area contributed by atoms with Gasteiger partial charge in [0.1, 0.15) is 6.54 Å². The highest BCUT2D eigenvalue weighted by Crippen LogP contribution is 2.22. The van der Waals surface area contributed by atoms with Gasteiger partial charge in [0.25, 0.3) is 0 Å². The van der Waals surface area contributed by atoms with Crippen LogP contribution >= 0.6 is 0 Å². The Morgan fingerprint density at radius 2 is 1.81 bits per heavy atom. The molecule has 5 nitrogen and oxygen atoms in total. The van der Waals surface area contributed by atoms with Gasteiger partial charge >= 0.3 is 0 Å². The first kappa shape index (κ1) is 19.7. The quantitative estimate of drug-likeness (QED) is 0.390. The highest BCUT2D eigenvalue weighted by molar-refractivity contribution is 5.84.